The summed E-state index contributed by atoms with van der Waals surface area (Å²) >= 11 is 0. The zero-order chi connectivity index (χ0) is 25.0. The van der Waals surface area contributed by atoms with Crippen molar-refractivity contribution in [1.82, 2.24) is 19.5 Å². The number of aliphatic hydroxyl groups is 2. The van der Waals surface area contributed by atoms with E-state index in [-0.39, 0.29) is 17.0 Å². The van der Waals surface area contributed by atoms with E-state index in [1.54, 1.807) is 0 Å². The van der Waals surface area contributed by atoms with Gasteiger partial charge in [-0.05, 0) is 13.8 Å². The molecule has 1 aliphatic rings. The molecule has 3 rings (SSSR count). The van der Waals surface area contributed by atoms with Crippen LogP contribution >= 0.6 is 23.5 Å². The lowest BCUT2D eigenvalue weighted by atomic mass is 9.83. The Hall–Kier alpha value is -1.36. The van der Waals surface area contributed by atoms with E-state index in [0.29, 0.717) is 0 Å². The maximum Gasteiger partial charge on any atom is 0.490 e. The van der Waals surface area contributed by atoms with Gasteiger partial charge < -0.3 is 40.3 Å². The number of fused-ring (bicyclic) bond motifs is 1. The lowest BCUT2D eigenvalue weighted by molar-refractivity contribution is -0.134. The van der Waals surface area contributed by atoms with E-state index in [9.17, 15) is 33.7 Å². The standard InChI is InChI=1S/C12H20N5O13P3/c1-11(18)6(3-27-32(23,24)30-33(25,26)29-31(20,21)22)28-10(12(11,2)19)17-5-16-7-8(13)14-4-15-9(7)17/h4-6,10,18-19H,3H2,1-2H3,(H,23,24)(H,25,26)(H2,13,14,15)(H2,20,21,22)/t6-,10-,11+,12+/m1/s1. The molecule has 0 aliphatic carbocycles. The van der Waals surface area contributed by atoms with Crippen molar-refractivity contribution in [3.05, 3.63) is 12.7 Å². The van der Waals surface area contributed by atoms with Gasteiger partial charge in [0.1, 0.15) is 29.2 Å². The molecule has 8 N–H and O–H groups in total. The van der Waals surface area contributed by atoms with E-state index >= 15 is 0 Å². The van der Waals surface area contributed by atoms with Crippen LogP contribution in [0.15, 0.2) is 12.7 Å². The third kappa shape index (κ3) is 5.33. The molecule has 0 bridgehead atoms. The summed E-state index contributed by atoms with van der Waals surface area (Å²) in [5.74, 6) is 0.0346. The number of ether oxygens (including phenoxy) is 1. The Morgan fingerprint density at radius 3 is 2.30 bits per heavy atom. The molecule has 2 aromatic heterocycles. The maximum atomic E-state index is 12.0. The smallest absolute Gasteiger partial charge is 0.384 e. The highest BCUT2D eigenvalue weighted by Crippen LogP contribution is 2.66. The van der Waals surface area contributed by atoms with Gasteiger partial charge in [0.2, 0.25) is 0 Å². The van der Waals surface area contributed by atoms with Gasteiger partial charge in [-0.3, -0.25) is 9.09 Å². The van der Waals surface area contributed by atoms with Crippen LogP contribution in [0.3, 0.4) is 0 Å². The molecule has 0 spiro atoms. The number of nitrogen functional groups attached to an aromatic ring is 1. The number of hydrogen-bond donors (Lipinski definition) is 7. The van der Waals surface area contributed by atoms with E-state index < -0.39 is 53.6 Å². The highest BCUT2D eigenvalue weighted by molar-refractivity contribution is 7.66. The van der Waals surface area contributed by atoms with Crippen molar-refractivity contribution >= 4 is 40.4 Å². The first-order valence-corrected chi connectivity index (χ1v) is 13.2. The summed E-state index contributed by atoms with van der Waals surface area (Å²) in [6.07, 6.45) is -0.583. The van der Waals surface area contributed by atoms with Crippen molar-refractivity contribution < 1.29 is 61.4 Å². The molecule has 0 saturated carbocycles. The Morgan fingerprint density at radius 2 is 1.70 bits per heavy atom. The van der Waals surface area contributed by atoms with Crippen molar-refractivity contribution in [2.45, 2.75) is 37.4 Å². The van der Waals surface area contributed by atoms with Crippen LogP contribution in [0.5, 0.6) is 0 Å². The summed E-state index contributed by atoms with van der Waals surface area (Å²) in [6, 6.07) is 0. The van der Waals surface area contributed by atoms with Gasteiger partial charge in [0.25, 0.3) is 0 Å². The van der Waals surface area contributed by atoms with Crippen molar-refractivity contribution in [1.29, 1.82) is 0 Å². The van der Waals surface area contributed by atoms with E-state index in [1.807, 2.05) is 0 Å². The molecule has 0 radical (unpaired) electrons. The molecule has 2 unspecified atom stereocenters. The average molecular weight is 535 g/mol. The number of nitrogens with two attached hydrogens (primary N) is 1. The zero-order valence-corrected chi connectivity index (χ0v) is 19.4. The molecular formula is C12H20N5O13P3. The zero-order valence-electron chi connectivity index (χ0n) is 16.8. The molecule has 0 aromatic carbocycles. The van der Waals surface area contributed by atoms with Crippen LogP contribution in [0, 0.1) is 0 Å². The minimum Gasteiger partial charge on any atom is -0.384 e. The van der Waals surface area contributed by atoms with Gasteiger partial charge in [-0.2, -0.15) is 8.62 Å². The summed E-state index contributed by atoms with van der Waals surface area (Å²) in [4.78, 5) is 47.7. The van der Waals surface area contributed by atoms with Gasteiger partial charge in [0.05, 0.1) is 12.9 Å². The highest BCUT2D eigenvalue weighted by atomic mass is 31.3. The van der Waals surface area contributed by atoms with Crippen LogP contribution in [-0.4, -0.2) is 73.2 Å². The summed E-state index contributed by atoms with van der Waals surface area (Å²) < 4.78 is 52.7. The van der Waals surface area contributed by atoms with Crippen LogP contribution in [0.4, 0.5) is 5.82 Å². The summed E-state index contributed by atoms with van der Waals surface area (Å²) in [7, 11) is -16.8. The second-order valence-corrected chi connectivity index (χ2v) is 11.7. The largest absolute Gasteiger partial charge is 0.490 e. The highest BCUT2D eigenvalue weighted by Gasteiger charge is 2.62. The number of phosphoric acid groups is 3. The topological polar surface area (TPSA) is 279 Å². The molecule has 18 nitrogen and oxygen atoms in total. The van der Waals surface area contributed by atoms with Crippen molar-refractivity contribution in [3.63, 3.8) is 0 Å². The Kier molecular flexibility index (Phi) is 6.67. The van der Waals surface area contributed by atoms with Crippen LogP contribution in [0.25, 0.3) is 11.2 Å². The predicted molar refractivity (Wildman–Crippen MR) is 105 cm³/mol. The van der Waals surface area contributed by atoms with Gasteiger partial charge in [-0.1, -0.05) is 0 Å². The van der Waals surface area contributed by atoms with E-state index in [0.717, 1.165) is 13.3 Å². The number of rotatable bonds is 8. The summed E-state index contributed by atoms with van der Waals surface area (Å²) in [5.41, 5.74) is 1.80. The van der Waals surface area contributed by atoms with Crippen LogP contribution in [-0.2, 0) is 31.6 Å². The quantitative estimate of drug-likeness (QED) is 0.203. The van der Waals surface area contributed by atoms with Gasteiger partial charge >= 0.3 is 23.5 Å². The van der Waals surface area contributed by atoms with E-state index in [2.05, 4.69) is 28.1 Å². The Morgan fingerprint density at radius 1 is 1.06 bits per heavy atom. The number of imidazole rings is 1. The predicted octanol–water partition coefficient (Wildman–Crippen LogP) is -0.849. The first kappa shape index (κ1) is 26.2. The normalized spacial score (nSPS) is 32.0. The van der Waals surface area contributed by atoms with Crippen molar-refractivity contribution in [2.24, 2.45) is 0 Å². The minimum absolute atomic E-state index is 0.0346. The average Bonchev–Trinajstić information content (AvgIpc) is 3.09. The molecule has 3 heterocycles. The molecule has 21 heteroatoms. The molecule has 1 saturated heterocycles. The first-order chi connectivity index (χ1) is 14.9. The second-order valence-electron chi connectivity index (χ2n) is 7.24. The fourth-order valence-corrected chi connectivity index (χ4v) is 6.06. The van der Waals surface area contributed by atoms with Gasteiger partial charge in [-0.15, -0.1) is 0 Å². The van der Waals surface area contributed by atoms with Crippen LogP contribution in [0.1, 0.15) is 20.1 Å². The van der Waals surface area contributed by atoms with Crippen LogP contribution < -0.4 is 5.73 Å². The van der Waals surface area contributed by atoms with Gasteiger partial charge in [-0.25, -0.2) is 28.6 Å². The lowest BCUT2D eigenvalue weighted by Crippen LogP contribution is -2.54. The molecule has 1 fully saturated rings. The molecule has 33 heavy (non-hydrogen) atoms. The van der Waals surface area contributed by atoms with E-state index in [4.69, 9.17) is 20.3 Å². The molecule has 1 aliphatic heterocycles. The number of anilines is 1. The summed E-state index contributed by atoms with van der Waals surface area (Å²) in [5, 5.41) is 21.9. The van der Waals surface area contributed by atoms with Crippen LogP contribution in [0.2, 0.25) is 0 Å². The molecule has 0 amide bonds. The number of phosphoric ester groups is 1. The summed E-state index contributed by atoms with van der Waals surface area (Å²) in [6.45, 7) is 1.33. The molecule has 186 valence electrons. The number of nitrogens with zero attached hydrogens (tertiary/aromatic N) is 4. The SMILES string of the molecule is C[C@]1(O)[C@@H](COP(=O)(O)OP(=O)(O)OP(=O)(O)O)O[C@@H](n2cnc3c(N)ncnc32)[C@]1(C)O. The lowest BCUT2D eigenvalue weighted by Gasteiger charge is -2.35. The van der Waals surface area contributed by atoms with Gasteiger partial charge in [0, 0.05) is 0 Å². The minimum atomic E-state index is -5.73. The first-order valence-electron chi connectivity index (χ1n) is 8.68. The third-order valence-corrected chi connectivity index (χ3v) is 8.67. The fourth-order valence-electron chi connectivity index (χ4n) is 3.04. The molecular weight excluding hydrogens is 515 g/mol. The van der Waals surface area contributed by atoms with Crippen molar-refractivity contribution in [2.75, 3.05) is 12.3 Å². The monoisotopic (exact) mass is 535 g/mol. The van der Waals surface area contributed by atoms with Crippen molar-refractivity contribution in [3.8, 4) is 0 Å². The Bertz CT molecular complexity index is 1190. The molecule has 6 atom stereocenters. The number of hydrogen-bond acceptors (Lipinski definition) is 13. The fraction of sp³-hybridized carbons (Fsp3) is 0.583. The number of aromatic nitrogens is 4. The maximum absolute atomic E-state index is 12.0. The second kappa shape index (κ2) is 8.39. The Balaban J connectivity index is 1.80. The Labute approximate surface area is 184 Å². The third-order valence-electron chi connectivity index (χ3n) is 4.87. The molecule has 2 aromatic rings. The van der Waals surface area contributed by atoms with E-state index in [1.165, 1.54) is 17.8 Å². The van der Waals surface area contributed by atoms with Gasteiger partial charge in [0.15, 0.2) is 17.7 Å².